The topological polar surface area (TPSA) is 77.6 Å². The molecule has 1 aliphatic heterocycles. The van der Waals surface area contributed by atoms with Crippen LogP contribution in [0.3, 0.4) is 0 Å². The number of ether oxygens (including phenoxy) is 2. The summed E-state index contributed by atoms with van der Waals surface area (Å²) in [6.07, 6.45) is 2.85. The number of nitrogen functional groups attached to an aromatic ring is 1. The summed E-state index contributed by atoms with van der Waals surface area (Å²) in [5.74, 6) is 1.11. The van der Waals surface area contributed by atoms with E-state index in [4.69, 9.17) is 20.3 Å². The number of hydrogen-bond acceptors (Lipinski definition) is 5. The van der Waals surface area contributed by atoms with Crippen LogP contribution >= 0.6 is 0 Å². The smallest absolute Gasteiger partial charge is 0.138 e. The molecule has 0 fully saturated rings. The molecule has 3 N–H and O–H groups in total. The van der Waals surface area contributed by atoms with E-state index in [1.165, 1.54) is 0 Å². The predicted octanol–water partition coefficient (Wildman–Crippen LogP) is 0.626. The number of rotatable bonds is 3. The average molecular weight is 222 g/mol. The van der Waals surface area contributed by atoms with Crippen molar-refractivity contribution >= 4 is 5.82 Å². The van der Waals surface area contributed by atoms with E-state index >= 15 is 0 Å². The highest BCUT2D eigenvalue weighted by atomic mass is 16.6. The highest BCUT2D eigenvalue weighted by molar-refractivity contribution is 5.32. The van der Waals surface area contributed by atoms with E-state index in [1.54, 1.807) is 19.4 Å². The maximum Gasteiger partial charge on any atom is 0.138 e. The number of anilines is 1. The molecule has 1 aliphatic rings. The molecule has 0 radical (unpaired) electrons. The van der Waals surface area contributed by atoms with E-state index in [0.29, 0.717) is 11.6 Å². The van der Waals surface area contributed by atoms with Crippen LogP contribution in [0.4, 0.5) is 5.82 Å². The zero-order valence-corrected chi connectivity index (χ0v) is 8.96. The highest BCUT2D eigenvalue weighted by Crippen LogP contribution is 2.31. The Bertz CT molecular complexity index is 389. The molecule has 0 saturated heterocycles. The van der Waals surface area contributed by atoms with Crippen LogP contribution in [0.25, 0.3) is 0 Å². The fraction of sp³-hybridized carbons (Fsp3) is 0.364. The molecular weight excluding hydrogens is 208 g/mol. The Kier molecular flexibility index (Phi) is 3.07. The maximum absolute atomic E-state index is 9.09. The summed E-state index contributed by atoms with van der Waals surface area (Å²) in [4.78, 5) is 3.99. The highest BCUT2D eigenvalue weighted by Gasteiger charge is 2.28. The minimum absolute atomic E-state index is 0.0986. The number of aliphatic hydroxyl groups excluding tert-OH is 1. The molecule has 5 nitrogen and oxygen atoms in total. The third-order valence-corrected chi connectivity index (χ3v) is 2.48. The Morgan fingerprint density at radius 3 is 2.88 bits per heavy atom. The zero-order chi connectivity index (χ0) is 11.5. The molecule has 0 unspecified atom stereocenters. The van der Waals surface area contributed by atoms with E-state index in [2.05, 4.69) is 4.98 Å². The second-order valence-electron chi connectivity index (χ2n) is 3.52. The van der Waals surface area contributed by atoms with Crippen molar-refractivity contribution in [2.75, 3.05) is 19.5 Å². The third kappa shape index (κ3) is 2.00. The lowest BCUT2D eigenvalue weighted by atomic mass is 10.1. The van der Waals surface area contributed by atoms with E-state index in [9.17, 15) is 0 Å². The summed E-state index contributed by atoms with van der Waals surface area (Å²) in [6.45, 7) is -0.0986. The normalized spacial score (nSPS) is 24.2. The molecule has 5 heteroatoms. The molecule has 0 aromatic carbocycles. The second-order valence-corrected chi connectivity index (χ2v) is 3.52. The van der Waals surface area contributed by atoms with Gasteiger partial charge in [0.2, 0.25) is 0 Å². The number of pyridine rings is 1. The van der Waals surface area contributed by atoms with Crippen LogP contribution in [0.5, 0.6) is 0 Å². The van der Waals surface area contributed by atoms with Gasteiger partial charge in [-0.05, 0) is 12.1 Å². The van der Waals surface area contributed by atoms with Crippen LogP contribution in [0.15, 0.2) is 30.2 Å². The van der Waals surface area contributed by atoms with Gasteiger partial charge < -0.3 is 20.3 Å². The van der Waals surface area contributed by atoms with Gasteiger partial charge in [-0.15, -0.1) is 0 Å². The van der Waals surface area contributed by atoms with Gasteiger partial charge in [-0.2, -0.15) is 0 Å². The largest absolute Gasteiger partial charge is 0.498 e. The molecule has 0 saturated carbocycles. The van der Waals surface area contributed by atoms with Crippen LogP contribution in [-0.4, -0.2) is 29.9 Å². The fourth-order valence-electron chi connectivity index (χ4n) is 1.63. The van der Waals surface area contributed by atoms with Crippen LogP contribution in [0.1, 0.15) is 11.7 Å². The summed E-state index contributed by atoms with van der Waals surface area (Å²) in [5.41, 5.74) is 6.39. The summed E-state index contributed by atoms with van der Waals surface area (Å²) in [7, 11) is 1.56. The summed E-state index contributed by atoms with van der Waals surface area (Å²) >= 11 is 0. The van der Waals surface area contributed by atoms with Crippen LogP contribution < -0.4 is 5.73 Å². The summed E-state index contributed by atoms with van der Waals surface area (Å²) < 4.78 is 10.7. The van der Waals surface area contributed by atoms with Crippen molar-refractivity contribution in [2.24, 2.45) is 0 Å². The first kappa shape index (κ1) is 10.9. The minimum Gasteiger partial charge on any atom is -0.498 e. The Hall–Kier alpha value is -1.59. The Balaban J connectivity index is 2.18. The number of nitrogens with two attached hydrogens (primary N) is 1. The van der Waals surface area contributed by atoms with Gasteiger partial charge in [-0.3, -0.25) is 0 Å². The molecule has 2 heterocycles. The Morgan fingerprint density at radius 1 is 1.56 bits per heavy atom. The molecule has 16 heavy (non-hydrogen) atoms. The number of methoxy groups -OCH3 is 1. The van der Waals surface area contributed by atoms with Crippen LogP contribution in [-0.2, 0) is 9.47 Å². The first-order valence-electron chi connectivity index (χ1n) is 4.98. The summed E-state index contributed by atoms with van der Waals surface area (Å²) in [6, 6.07) is 3.56. The van der Waals surface area contributed by atoms with Crippen molar-refractivity contribution < 1.29 is 14.6 Å². The lowest BCUT2D eigenvalue weighted by Gasteiger charge is -2.13. The molecule has 1 aromatic heterocycles. The molecule has 0 spiro atoms. The molecule has 2 atom stereocenters. The number of nitrogens with zero attached hydrogens (tertiary/aromatic N) is 1. The molecule has 0 aliphatic carbocycles. The van der Waals surface area contributed by atoms with Crippen molar-refractivity contribution in [2.45, 2.75) is 12.2 Å². The lowest BCUT2D eigenvalue weighted by Crippen LogP contribution is -2.17. The Labute approximate surface area is 93.5 Å². The van der Waals surface area contributed by atoms with Gasteiger partial charge in [0.15, 0.2) is 0 Å². The molecule has 2 rings (SSSR count). The lowest BCUT2D eigenvalue weighted by molar-refractivity contribution is 0.00114. The van der Waals surface area contributed by atoms with Gasteiger partial charge in [-0.1, -0.05) is 6.07 Å². The first-order chi connectivity index (χ1) is 7.74. The molecule has 0 bridgehead atoms. The fourth-order valence-corrected chi connectivity index (χ4v) is 1.63. The molecular formula is C11H14N2O3. The van der Waals surface area contributed by atoms with Gasteiger partial charge in [0.05, 0.1) is 13.7 Å². The predicted molar refractivity (Wildman–Crippen MR) is 58.4 cm³/mol. The first-order valence-corrected chi connectivity index (χ1v) is 4.98. The minimum atomic E-state index is -0.396. The number of aliphatic hydroxyl groups is 1. The zero-order valence-electron chi connectivity index (χ0n) is 8.96. The van der Waals surface area contributed by atoms with Crippen LogP contribution in [0, 0.1) is 0 Å². The van der Waals surface area contributed by atoms with Crippen molar-refractivity contribution in [3.8, 4) is 0 Å². The van der Waals surface area contributed by atoms with E-state index in [1.807, 2.05) is 12.1 Å². The maximum atomic E-state index is 9.09. The van der Waals surface area contributed by atoms with Crippen molar-refractivity contribution in [3.63, 3.8) is 0 Å². The van der Waals surface area contributed by atoms with Crippen LogP contribution in [0.2, 0.25) is 0 Å². The Morgan fingerprint density at radius 2 is 2.38 bits per heavy atom. The molecule has 86 valence electrons. The van der Waals surface area contributed by atoms with E-state index in [0.717, 1.165) is 5.56 Å². The SMILES string of the molecule is COC1=C[C@H](c2ccc(N)nc2)O[C@@H]1CO. The quantitative estimate of drug-likeness (QED) is 0.784. The third-order valence-electron chi connectivity index (χ3n) is 2.48. The number of aromatic nitrogens is 1. The van der Waals surface area contributed by atoms with E-state index in [-0.39, 0.29) is 12.7 Å². The van der Waals surface area contributed by atoms with Gasteiger partial charge >= 0.3 is 0 Å². The number of hydrogen-bond donors (Lipinski definition) is 2. The van der Waals surface area contributed by atoms with Gasteiger partial charge in [0, 0.05) is 11.8 Å². The second kappa shape index (κ2) is 4.51. The van der Waals surface area contributed by atoms with Gasteiger partial charge in [0.25, 0.3) is 0 Å². The van der Waals surface area contributed by atoms with Gasteiger partial charge in [0.1, 0.15) is 23.8 Å². The standard InChI is InChI=1S/C11H14N2O3/c1-15-9-4-8(16-10(9)6-14)7-2-3-11(12)13-5-7/h2-5,8,10,14H,6H2,1H3,(H2,12,13)/t8-,10-/m1/s1. The van der Waals surface area contributed by atoms with E-state index < -0.39 is 6.10 Å². The van der Waals surface area contributed by atoms with Gasteiger partial charge in [-0.25, -0.2) is 4.98 Å². The van der Waals surface area contributed by atoms with Crippen molar-refractivity contribution in [1.29, 1.82) is 0 Å². The summed E-state index contributed by atoms with van der Waals surface area (Å²) in [5, 5.41) is 9.09. The monoisotopic (exact) mass is 222 g/mol. The van der Waals surface area contributed by atoms with Crippen molar-refractivity contribution in [1.82, 2.24) is 4.98 Å². The van der Waals surface area contributed by atoms with Crippen molar-refractivity contribution in [3.05, 3.63) is 35.7 Å². The average Bonchev–Trinajstić information content (AvgIpc) is 2.73. The molecule has 0 amide bonds. The molecule has 1 aromatic rings.